The third-order valence-electron chi connectivity index (χ3n) is 7.66. The second-order valence-corrected chi connectivity index (χ2v) is 12.9. The Morgan fingerprint density at radius 1 is 1.18 bits per heavy atom. The highest BCUT2D eigenvalue weighted by Gasteiger charge is 2.61. The first-order valence-electron chi connectivity index (χ1n) is 13.2. The summed E-state index contributed by atoms with van der Waals surface area (Å²) in [6.07, 6.45) is 7.50. The Morgan fingerprint density at radius 2 is 1.92 bits per heavy atom. The highest BCUT2D eigenvalue weighted by atomic mass is 79.9. The van der Waals surface area contributed by atoms with Crippen LogP contribution in [-0.2, 0) is 33.4 Å². The molecule has 0 unspecified atom stereocenters. The minimum Gasteiger partial charge on any atom is -0.466 e. The molecule has 11 heteroatoms. The summed E-state index contributed by atoms with van der Waals surface area (Å²) < 4.78 is 37.4. The number of hydrogen-bond donors (Lipinski definition) is 1. The molecule has 0 radical (unpaired) electrons. The smallest absolute Gasteiger partial charge is 0.313 e. The Balaban J connectivity index is 1.59. The molecule has 2 fully saturated rings. The van der Waals surface area contributed by atoms with Gasteiger partial charge in [-0.3, -0.25) is 18.6 Å². The maximum Gasteiger partial charge on any atom is 0.313 e. The normalized spacial score (nSPS) is 31.5. The van der Waals surface area contributed by atoms with Gasteiger partial charge in [0.15, 0.2) is 5.78 Å². The first-order valence-corrected chi connectivity index (χ1v) is 15.4. The van der Waals surface area contributed by atoms with Gasteiger partial charge in [-0.1, -0.05) is 40.9 Å². The summed E-state index contributed by atoms with van der Waals surface area (Å²) in [6, 6.07) is 4.29. The molecule has 2 N–H and O–H groups in total. The zero-order chi connectivity index (χ0) is 27.5. The number of ether oxygens (including phenoxy) is 1. The van der Waals surface area contributed by atoms with Crippen molar-refractivity contribution in [3.63, 3.8) is 0 Å². The Bertz CT molecular complexity index is 1190. The molecule has 208 valence electrons. The van der Waals surface area contributed by atoms with Crippen LogP contribution in [0.5, 0.6) is 0 Å². The molecule has 1 aromatic carbocycles. The third kappa shape index (κ3) is 6.38. The molecule has 1 saturated carbocycles. The SMILES string of the molecule is CCOC(=O)[C@]12CC(=O)[C@@H]3C[C@H](OS(=O)(=O)c4ccc(Br)cc4)CN3C(=O)[C@@H](N)CCCCC/C=C\[C@@H]1C2. The van der Waals surface area contributed by atoms with Crippen molar-refractivity contribution >= 4 is 43.7 Å². The van der Waals surface area contributed by atoms with Crippen LogP contribution in [0.15, 0.2) is 45.8 Å². The number of ketones is 1. The summed E-state index contributed by atoms with van der Waals surface area (Å²) in [4.78, 5) is 41.3. The van der Waals surface area contributed by atoms with E-state index < -0.39 is 45.6 Å². The quantitative estimate of drug-likeness (QED) is 0.304. The van der Waals surface area contributed by atoms with Gasteiger partial charge in [0.2, 0.25) is 5.91 Å². The van der Waals surface area contributed by atoms with Gasteiger partial charge in [0, 0.05) is 23.9 Å². The summed E-state index contributed by atoms with van der Waals surface area (Å²) >= 11 is 3.28. The second kappa shape index (κ2) is 12.0. The molecule has 5 atom stereocenters. The van der Waals surface area contributed by atoms with E-state index in [1.54, 1.807) is 19.1 Å². The molecule has 0 bridgehead atoms. The van der Waals surface area contributed by atoms with Gasteiger partial charge in [0.05, 0.1) is 35.1 Å². The molecule has 1 saturated heterocycles. The Hall–Kier alpha value is -2.08. The molecule has 2 heterocycles. The van der Waals surface area contributed by atoms with Crippen LogP contribution in [0.4, 0.5) is 0 Å². The number of amides is 1. The first-order chi connectivity index (χ1) is 18.1. The molecule has 9 nitrogen and oxygen atoms in total. The van der Waals surface area contributed by atoms with Crippen molar-refractivity contribution in [2.24, 2.45) is 17.1 Å². The summed E-state index contributed by atoms with van der Waals surface area (Å²) in [5.41, 5.74) is 5.28. The molecule has 3 aliphatic rings. The predicted molar refractivity (Wildman–Crippen MR) is 143 cm³/mol. The molecule has 1 aliphatic carbocycles. The first kappa shape index (κ1) is 28.9. The van der Waals surface area contributed by atoms with Gasteiger partial charge >= 0.3 is 5.97 Å². The van der Waals surface area contributed by atoms with E-state index in [4.69, 9.17) is 14.7 Å². The molecule has 38 heavy (non-hydrogen) atoms. The standard InChI is InChI=1S/C27H35BrN2O7S/c1-2-36-26(33)27-15-18(27)8-6-4-3-5-7-9-22(29)25(32)30-17-20(14-23(30)24(31)16-27)37-38(34,35)21-12-10-19(28)11-13-21/h6,8,10-13,18,20,22-23H,2-5,7,9,14-17,29H2,1H3/b8-6-/t18-,20+,22+,23+,27-/m1/s1. The minimum atomic E-state index is -4.13. The number of rotatable bonds is 5. The van der Waals surface area contributed by atoms with Crippen LogP contribution in [0.2, 0.25) is 0 Å². The Morgan fingerprint density at radius 3 is 2.63 bits per heavy atom. The number of fused-ring (bicyclic) bond motifs is 2. The van der Waals surface area contributed by atoms with Crippen LogP contribution >= 0.6 is 15.9 Å². The lowest BCUT2D eigenvalue weighted by Gasteiger charge is -2.27. The highest BCUT2D eigenvalue weighted by molar-refractivity contribution is 9.10. The molecular weight excluding hydrogens is 576 g/mol. The van der Waals surface area contributed by atoms with E-state index in [9.17, 15) is 22.8 Å². The number of allylic oxidation sites excluding steroid dienone is 2. The second-order valence-electron chi connectivity index (χ2n) is 10.4. The van der Waals surface area contributed by atoms with E-state index in [1.165, 1.54) is 17.0 Å². The maximum absolute atomic E-state index is 13.7. The van der Waals surface area contributed by atoms with Gasteiger partial charge in [-0.05, 0) is 62.8 Å². The summed E-state index contributed by atoms with van der Waals surface area (Å²) in [5, 5.41) is 0. The number of Topliss-reactive ketones (excluding diaryl/α,β-unsaturated/α-hetero) is 1. The summed E-state index contributed by atoms with van der Waals surface area (Å²) in [6.45, 7) is 1.86. The lowest BCUT2D eigenvalue weighted by atomic mass is 9.92. The number of esters is 1. The number of nitrogens with zero attached hydrogens (tertiary/aromatic N) is 1. The van der Waals surface area contributed by atoms with Crippen molar-refractivity contribution in [3.05, 3.63) is 40.9 Å². The monoisotopic (exact) mass is 610 g/mol. The Kier molecular flexibility index (Phi) is 9.11. The topological polar surface area (TPSA) is 133 Å². The number of carbonyl (C=O) groups excluding carboxylic acids is 3. The number of benzene rings is 1. The van der Waals surface area contributed by atoms with Gasteiger partial charge in [-0.25, -0.2) is 0 Å². The molecule has 1 aromatic rings. The maximum atomic E-state index is 13.7. The summed E-state index contributed by atoms with van der Waals surface area (Å²) in [7, 11) is -4.13. The lowest BCUT2D eigenvalue weighted by molar-refractivity contribution is -0.152. The zero-order valence-electron chi connectivity index (χ0n) is 21.5. The van der Waals surface area contributed by atoms with E-state index in [0.717, 1.165) is 30.2 Å². The van der Waals surface area contributed by atoms with Crippen molar-refractivity contribution in [2.45, 2.75) is 81.4 Å². The summed E-state index contributed by atoms with van der Waals surface area (Å²) in [5.74, 6) is -1.23. The average Bonchev–Trinajstić information content (AvgIpc) is 3.41. The van der Waals surface area contributed by atoms with Crippen LogP contribution in [0, 0.1) is 11.3 Å². The van der Waals surface area contributed by atoms with Crippen molar-refractivity contribution in [1.29, 1.82) is 0 Å². The predicted octanol–water partition coefficient (Wildman–Crippen LogP) is 3.50. The van der Waals surface area contributed by atoms with Gasteiger partial charge in [0.1, 0.15) is 0 Å². The Labute approximate surface area is 232 Å². The van der Waals surface area contributed by atoms with Crippen molar-refractivity contribution in [3.8, 4) is 0 Å². The van der Waals surface area contributed by atoms with Crippen molar-refractivity contribution in [1.82, 2.24) is 4.90 Å². The van der Waals surface area contributed by atoms with E-state index in [1.807, 2.05) is 6.08 Å². The van der Waals surface area contributed by atoms with Gasteiger partial charge in [-0.15, -0.1) is 0 Å². The molecular formula is C27H35BrN2O7S. The molecule has 0 aromatic heterocycles. The van der Waals surface area contributed by atoms with Crippen LogP contribution in [-0.4, -0.2) is 62.3 Å². The fraction of sp³-hybridized carbons (Fsp3) is 0.593. The van der Waals surface area contributed by atoms with E-state index in [0.29, 0.717) is 12.8 Å². The van der Waals surface area contributed by atoms with E-state index in [-0.39, 0.29) is 42.6 Å². The largest absolute Gasteiger partial charge is 0.466 e. The molecule has 2 aliphatic heterocycles. The minimum absolute atomic E-state index is 0.00641. The average molecular weight is 612 g/mol. The molecule has 4 rings (SSSR count). The molecule has 1 amide bonds. The van der Waals surface area contributed by atoms with E-state index in [2.05, 4.69) is 22.0 Å². The van der Waals surface area contributed by atoms with Crippen LogP contribution in [0.1, 0.15) is 58.3 Å². The van der Waals surface area contributed by atoms with Crippen molar-refractivity contribution < 1.29 is 31.7 Å². The number of nitrogens with two attached hydrogens (primary N) is 1. The molecule has 0 spiro atoms. The van der Waals surface area contributed by atoms with Crippen LogP contribution < -0.4 is 5.73 Å². The van der Waals surface area contributed by atoms with Gasteiger partial charge < -0.3 is 15.4 Å². The van der Waals surface area contributed by atoms with Crippen LogP contribution in [0.25, 0.3) is 0 Å². The number of carbonyl (C=O) groups is 3. The van der Waals surface area contributed by atoms with Crippen molar-refractivity contribution in [2.75, 3.05) is 13.2 Å². The highest BCUT2D eigenvalue weighted by Crippen LogP contribution is 2.57. The van der Waals surface area contributed by atoms with Gasteiger partial charge in [-0.2, -0.15) is 8.42 Å². The van der Waals surface area contributed by atoms with Gasteiger partial charge in [0.25, 0.3) is 10.1 Å². The van der Waals surface area contributed by atoms with E-state index >= 15 is 0 Å². The fourth-order valence-electron chi connectivity index (χ4n) is 5.45. The number of hydrogen-bond acceptors (Lipinski definition) is 8. The number of halogens is 1. The fourth-order valence-corrected chi connectivity index (χ4v) is 6.79. The lowest BCUT2D eigenvalue weighted by Crippen LogP contribution is -2.49. The third-order valence-corrected chi connectivity index (χ3v) is 9.56. The zero-order valence-corrected chi connectivity index (χ0v) is 23.9. The van der Waals surface area contributed by atoms with Crippen LogP contribution in [0.3, 0.4) is 0 Å².